The van der Waals surface area contributed by atoms with Crippen molar-refractivity contribution in [1.29, 1.82) is 0 Å². The molecule has 1 rings (SSSR count). The molecule has 3 nitrogen and oxygen atoms in total. The van der Waals surface area contributed by atoms with Crippen LogP contribution in [-0.4, -0.2) is 16.0 Å². The van der Waals surface area contributed by atoms with Gasteiger partial charge in [0.1, 0.15) is 0 Å². The maximum Gasteiger partial charge on any atom is 0.162 e. The number of H-pyrrole nitrogens is 1. The summed E-state index contributed by atoms with van der Waals surface area (Å²) in [6.45, 7) is 5.50. The van der Waals surface area contributed by atoms with Gasteiger partial charge in [-0.3, -0.25) is 9.89 Å². The van der Waals surface area contributed by atoms with E-state index in [1.165, 1.54) is 13.1 Å². The normalized spacial score (nSPS) is 7.18. The van der Waals surface area contributed by atoms with Crippen LogP contribution in [0, 0.1) is 31.1 Å². The molecule has 1 aromatic heterocycles. The Bertz CT molecular complexity index is 184. The quantitative estimate of drug-likeness (QED) is 0.756. The van der Waals surface area contributed by atoms with Gasteiger partial charge >= 0.3 is 0 Å². The minimum Gasteiger partial charge on any atom is -0.294 e. The van der Waals surface area contributed by atoms with Crippen LogP contribution in [0.5, 0.6) is 0 Å². The van der Waals surface area contributed by atoms with Gasteiger partial charge in [0.15, 0.2) is 5.78 Å². The Kier molecular flexibility index (Phi) is 9.87. The third-order valence-electron chi connectivity index (χ3n) is 0.905. The maximum atomic E-state index is 10.4. The van der Waals surface area contributed by atoms with Crippen LogP contribution in [0.1, 0.15) is 31.1 Å². The van der Waals surface area contributed by atoms with Crippen molar-refractivity contribution < 1.29 is 35.9 Å². The molecular weight excluding hydrogens is 366 g/mol. The zero-order chi connectivity index (χ0) is 7.98. The molecule has 60 valence electrons. The average molecular weight is 378 g/mol. The number of carbonyl (C=O) groups is 1. The topological polar surface area (TPSA) is 45.8 Å². The number of nitrogens with one attached hydrogen (secondary N) is 1. The molecule has 11 heavy (non-hydrogen) atoms. The number of hydrogen-bond acceptors (Lipinski definition) is 2. The Labute approximate surface area is 90.3 Å². The molecule has 0 atom stereocenters. The maximum absolute atomic E-state index is 10.4. The van der Waals surface area contributed by atoms with Crippen molar-refractivity contribution >= 4 is 5.78 Å². The number of carbonyl (C=O) groups excluding carboxylic acids is 1. The average Bonchev–Trinajstić information content (AvgIpc) is 2.42. The number of nitrogens with zero attached hydrogens (tertiary/aromatic N) is 1. The van der Waals surface area contributed by atoms with E-state index >= 15 is 0 Å². The number of aromatic amines is 1. The summed E-state index contributed by atoms with van der Waals surface area (Å²) in [6, 6.07) is 0. The fourth-order valence-electron chi connectivity index (χ4n) is 0.443. The van der Waals surface area contributed by atoms with Crippen LogP contribution in [0.25, 0.3) is 0 Å². The fraction of sp³-hybridized carbons (Fsp3) is 0.429. The SMILES string of the molecule is CC.CC(=O)c1cn[nH]c1.[U]. The Morgan fingerprint density at radius 2 is 2.09 bits per heavy atom. The van der Waals surface area contributed by atoms with Gasteiger partial charge in [-0.2, -0.15) is 5.10 Å². The van der Waals surface area contributed by atoms with Crippen molar-refractivity contribution in [1.82, 2.24) is 10.2 Å². The third kappa shape index (κ3) is 5.23. The Hall–Kier alpha value is -0.0681. The van der Waals surface area contributed by atoms with E-state index in [0.717, 1.165) is 0 Å². The molecule has 0 bridgehead atoms. The van der Waals surface area contributed by atoms with Crippen molar-refractivity contribution in [2.24, 2.45) is 0 Å². The van der Waals surface area contributed by atoms with Crippen LogP contribution >= 0.6 is 0 Å². The molecule has 0 fully saturated rings. The number of ketones is 1. The summed E-state index contributed by atoms with van der Waals surface area (Å²) < 4.78 is 0. The van der Waals surface area contributed by atoms with Crippen LogP contribution in [0.15, 0.2) is 12.4 Å². The second-order valence-electron chi connectivity index (χ2n) is 1.54. The first-order valence-corrected chi connectivity index (χ1v) is 3.30. The summed E-state index contributed by atoms with van der Waals surface area (Å²) in [7, 11) is 0. The van der Waals surface area contributed by atoms with Gasteiger partial charge in [-0.1, -0.05) is 13.8 Å². The molecule has 4 heteroatoms. The van der Waals surface area contributed by atoms with Gasteiger partial charge in [-0.25, -0.2) is 0 Å². The number of hydrogen-bond donors (Lipinski definition) is 1. The minimum atomic E-state index is 0. The summed E-state index contributed by atoms with van der Waals surface area (Å²) in [4.78, 5) is 10.4. The molecule has 0 aliphatic carbocycles. The zero-order valence-electron chi connectivity index (χ0n) is 7.01. The summed E-state index contributed by atoms with van der Waals surface area (Å²) in [6.07, 6.45) is 3.07. The second kappa shape index (κ2) is 8.03. The van der Waals surface area contributed by atoms with Gasteiger partial charge in [-0.15, -0.1) is 0 Å². The summed E-state index contributed by atoms with van der Waals surface area (Å²) in [5.74, 6) is 0.0405. The second-order valence-corrected chi connectivity index (χ2v) is 1.54. The van der Waals surface area contributed by atoms with E-state index in [4.69, 9.17) is 0 Å². The van der Waals surface area contributed by atoms with Crippen LogP contribution in [0.4, 0.5) is 0 Å². The molecular formula is C7H12N2OU. The van der Waals surface area contributed by atoms with E-state index in [-0.39, 0.29) is 36.9 Å². The van der Waals surface area contributed by atoms with Crippen molar-refractivity contribution in [3.8, 4) is 0 Å². The first kappa shape index (κ1) is 13.5. The Morgan fingerprint density at radius 3 is 2.27 bits per heavy atom. The van der Waals surface area contributed by atoms with Crippen LogP contribution < -0.4 is 0 Å². The predicted molar refractivity (Wildman–Crippen MR) is 39.9 cm³/mol. The number of rotatable bonds is 1. The number of Topliss-reactive ketones (excluding diaryl/α,β-unsaturated/α-hetero) is 1. The Morgan fingerprint density at radius 1 is 1.55 bits per heavy atom. The first-order chi connectivity index (χ1) is 4.80. The van der Waals surface area contributed by atoms with Crippen LogP contribution in [0.2, 0.25) is 0 Å². The van der Waals surface area contributed by atoms with Crippen LogP contribution in [-0.2, 0) is 0 Å². The van der Waals surface area contributed by atoms with Crippen molar-refractivity contribution in [3.05, 3.63) is 18.0 Å². The summed E-state index contributed by atoms with van der Waals surface area (Å²) in [5.41, 5.74) is 0.630. The van der Waals surface area contributed by atoms with Gasteiger partial charge < -0.3 is 0 Å². The van der Waals surface area contributed by atoms with Crippen molar-refractivity contribution in [2.75, 3.05) is 0 Å². The van der Waals surface area contributed by atoms with Gasteiger partial charge in [0.25, 0.3) is 0 Å². The van der Waals surface area contributed by atoms with E-state index in [1.54, 1.807) is 6.20 Å². The standard InChI is InChI=1S/C5H6N2O.C2H6.U/c1-4(8)5-2-6-7-3-5;1-2;/h2-3H,1H3,(H,6,7);1-2H3;. The van der Waals surface area contributed by atoms with Gasteiger partial charge in [0.2, 0.25) is 0 Å². The van der Waals surface area contributed by atoms with Crippen molar-refractivity contribution in [2.45, 2.75) is 20.8 Å². The summed E-state index contributed by atoms with van der Waals surface area (Å²) >= 11 is 0. The van der Waals surface area contributed by atoms with E-state index in [1.807, 2.05) is 13.8 Å². The van der Waals surface area contributed by atoms with Gasteiger partial charge in [0, 0.05) is 37.3 Å². The molecule has 0 aromatic carbocycles. The van der Waals surface area contributed by atoms with E-state index in [9.17, 15) is 4.79 Å². The molecule has 0 saturated carbocycles. The van der Waals surface area contributed by atoms with Gasteiger partial charge in [-0.05, 0) is 6.92 Å². The first-order valence-electron chi connectivity index (χ1n) is 3.30. The molecule has 1 heterocycles. The van der Waals surface area contributed by atoms with Crippen LogP contribution in [0.3, 0.4) is 0 Å². The molecule has 0 saturated heterocycles. The molecule has 1 N–H and O–H groups in total. The minimum absolute atomic E-state index is 0. The predicted octanol–water partition coefficient (Wildman–Crippen LogP) is 1.64. The molecule has 0 aliphatic rings. The summed E-state index contributed by atoms with van der Waals surface area (Å²) in [5, 5.41) is 6.14. The largest absolute Gasteiger partial charge is 0.294 e. The smallest absolute Gasteiger partial charge is 0.162 e. The van der Waals surface area contributed by atoms with E-state index in [0.29, 0.717) is 5.56 Å². The molecule has 0 amide bonds. The molecule has 0 unspecified atom stereocenters. The monoisotopic (exact) mass is 378 g/mol. The molecule has 0 spiro atoms. The van der Waals surface area contributed by atoms with E-state index < -0.39 is 0 Å². The third-order valence-corrected chi connectivity index (χ3v) is 0.905. The fourth-order valence-corrected chi connectivity index (χ4v) is 0.443. The zero-order valence-corrected chi connectivity index (χ0v) is 11.2. The molecule has 1 aromatic rings. The van der Waals surface area contributed by atoms with Gasteiger partial charge in [0.05, 0.1) is 11.8 Å². The number of aromatic nitrogens is 2. The van der Waals surface area contributed by atoms with Crippen molar-refractivity contribution in [3.63, 3.8) is 0 Å². The molecule has 0 radical (unpaired) electrons. The molecule has 0 aliphatic heterocycles. The van der Waals surface area contributed by atoms with E-state index in [2.05, 4.69) is 10.2 Å². The Balaban J connectivity index is 0.